The fourth-order valence-corrected chi connectivity index (χ4v) is 3.55. The van der Waals surface area contributed by atoms with Gasteiger partial charge < -0.3 is 10.2 Å². The summed E-state index contributed by atoms with van der Waals surface area (Å²) < 4.78 is 0. The first kappa shape index (κ1) is 14.1. The summed E-state index contributed by atoms with van der Waals surface area (Å²) in [6, 6.07) is 8.21. The monoisotopic (exact) mass is 286 g/mol. The number of nitrogens with zero attached hydrogens (tertiary/aromatic N) is 1. The van der Waals surface area contributed by atoms with E-state index in [1.54, 1.807) is 4.90 Å². The van der Waals surface area contributed by atoms with Gasteiger partial charge in [0.1, 0.15) is 5.54 Å². The fraction of sp³-hybridized carbons (Fsp3) is 0.529. The molecule has 21 heavy (non-hydrogen) atoms. The van der Waals surface area contributed by atoms with Crippen LogP contribution >= 0.6 is 0 Å². The molecule has 1 heterocycles. The number of nitrogens with one attached hydrogen (secondary N) is 1. The van der Waals surface area contributed by atoms with Crippen molar-refractivity contribution in [2.75, 3.05) is 13.1 Å². The second kappa shape index (κ2) is 5.51. The van der Waals surface area contributed by atoms with Gasteiger partial charge in [-0.3, -0.25) is 9.59 Å². The molecule has 2 aliphatic rings. The highest BCUT2D eigenvalue weighted by molar-refractivity contribution is 5.98. The van der Waals surface area contributed by atoms with Crippen molar-refractivity contribution in [2.24, 2.45) is 0 Å². The predicted molar refractivity (Wildman–Crippen MR) is 80.8 cm³/mol. The van der Waals surface area contributed by atoms with Crippen LogP contribution in [-0.4, -0.2) is 35.3 Å². The summed E-state index contributed by atoms with van der Waals surface area (Å²) in [4.78, 5) is 26.4. The number of benzene rings is 1. The molecule has 0 unspecified atom stereocenters. The number of amides is 2. The minimum absolute atomic E-state index is 0.0127. The molecule has 112 valence electrons. The second-order valence-corrected chi connectivity index (χ2v) is 6.24. The van der Waals surface area contributed by atoms with Crippen LogP contribution in [0, 0.1) is 6.92 Å². The average molecular weight is 286 g/mol. The molecule has 3 rings (SSSR count). The van der Waals surface area contributed by atoms with Crippen LogP contribution in [0.4, 0.5) is 0 Å². The standard InChI is InChI=1S/C17H22N2O2/c1-13-6-2-3-7-14(13)8-11-19-12-15(20)18-17(16(19)21)9-4-5-10-17/h2-3,6-7H,4-5,8-12H2,1H3,(H,18,20). The summed E-state index contributed by atoms with van der Waals surface area (Å²) in [5, 5.41) is 2.95. The number of carbonyl (C=O) groups is 2. The van der Waals surface area contributed by atoms with E-state index in [9.17, 15) is 9.59 Å². The van der Waals surface area contributed by atoms with Crippen molar-refractivity contribution < 1.29 is 9.59 Å². The van der Waals surface area contributed by atoms with E-state index in [0.717, 1.165) is 32.1 Å². The van der Waals surface area contributed by atoms with E-state index in [1.807, 2.05) is 12.1 Å². The van der Waals surface area contributed by atoms with E-state index in [4.69, 9.17) is 0 Å². The Labute approximate surface area is 125 Å². The highest BCUT2D eigenvalue weighted by Gasteiger charge is 2.47. The van der Waals surface area contributed by atoms with Gasteiger partial charge in [-0.1, -0.05) is 37.1 Å². The third kappa shape index (κ3) is 2.67. The first-order valence-corrected chi connectivity index (χ1v) is 7.76. The third-order valence-electron chi connectivity index (χ3n) is 4.78. The van der Waals surface area contributed by atoms with Gasteiger partial charge in [0.2, 0.25) is 11.8 Å². The van der Waals surface area contributed by atoms with Crippen molar-refractivity contribution >= 4 is 11.8 Å². The summed E-state index contributed by atoms with van der Waals surface area (Å²) in [7, 11) is 0. The van der Waals surface area contributed by atoms with Gasteiger partial charge in [0.15, 0.2) is 0 Å². The molecule has 0 aromatic heterocycles. The van der Waals surface area contributed by atoms with Crippen molar-refractivity contribution in [3.05, 3.63) is 35.4 Å². The van der Waals surface area contributed by atoms with Crippen molar-refractivity contribution in [1.29, 1.82) is 0 Å². The molecular weight excluding hydrogens is 264 g/mol. The first-order valence-electron chi connectivity index (χ1n) is 7.76. The maximum Gasteiger partial charge on any atom is 0.248 e. The van der Waals surface area contributed by atoms with Crippen LogP contribution in [0.25, 0.3) is 0 Å². The zero-order chi connectivity index (χ0) is 14.9. The highest BCUT2D eigenvalue weighted by Crippen LogP contribution is 2.33. The van der Waals surface area contributed by atoms with Crippen LogP contribution in [0.1, 0.15) is 36.8 Å². The molecule has 0 bridgehead atoms. The first-order chi connectivity index (χ1) is 10.1. The Hall–Kier alpha value is -1.84. The van der Waals surface area contributed by atoms with Gasteiger partial charge in [-0.25, -0.2) is 0 Å². The lowest BCUT2D eigenvalue weighted by Crippen LogP contribution is -2.65. The molecule has 4 nitrogen and oxygen atoms in total. The number of rotatable bonds is 3. The van der Waals surface area contributed by atoms with E-state index in [1.165, 1.54) is 11.1 Å². The Bertz CT molecular complexity index is 562. The molecule has 1 spiro atoms. The van der Waals surface area contributed by atoms with Crippen molar-refractivity contribution in [2.45, 2.75) is 44.6 Å². The zero-order valence-corrected chi connectivity index (χ0v) is 12.5. The average Bonchev–Trinajstić information content (AvgIpc) is 2.92. The fourth-order valence-electron chi connectivity index (χ4n) is 3.55. The van der Waals surface area contributed by atoms with Crippen LogP contribution in [0.5, 0.6) is 0 Å². The second-order valence-electron chi connectivity index (χ2n) is 6.24. The van der Waals surface area contributed by atoms with E-state index >= 15 is 0 Å². The van der Waals surface area contributed by atoms with Gasteiger partial charge in [-0.15, -0.1) is 0 Å². The lowest BCUT2D eigenvalue weighted by molar-refractivity contribution is -0.149. The quantitative estimate of drug-likeness (QED) is 0.921. The molecule has 1 aromatic carbocycles. The topological polar surface area (TPSA) is 49.4 Å². The van der Waals surface area contributed by atoms with Crippen molar-refractivity contribution in [3.63, 3.8) is 0 Å². The molecule has 1 aliphatic heterocycles. The minimum atomic E-state index is -0.596. The molecule has 2 fully saturated rings. The largest absolute Gasteiger partial charge is 0.340 e. The SMILES string of the molecule is Cc1ccccc1CCN1CC(=O)NC2(CCCC2)C1=O. The molecule has 1 saturated heterocycles. The van der Waals surface area contributed by atoms with Crippen molar-refractivity contribution in [1.82, 2.24) is 10.2 Å². The molecular formula is C17H22N2O2. The Kier molecular flexibility index (Phi) is 3.70. The van der Waals surface area contributed by atoms with Crippen LogP contribution in [0.15, 0.2) is 24.3 Å². The molecule has 0 atom stereocenters. The molecule has 1 saturated carbocycles. The summed E-state index contributed by atoms with van der Waals surface area (Å²) in [6.07, 6.45) is 4.44. The smallest absolute Gasteiger partial charge is 0.248 e. The predicted octanol–water partition coefficient (Wildman–Crippen LogP) is 1.81. The van der Waals surface area contributed by atoms with E-state index < -0.39 is 5.54 Å². The number of piperazine rings is 1. The summed E-state index contributed by atoms with van der Waals surface area (Å²) >= 11 is 0. The van der Waals surface area contributed by atoms with Gasteiger partial charge in [-0.05, 0) is 37.3 Å². The van der Waals surface area contributed by atoms with Crippen LogP contribution in [0.2, 0.25) is 0 Å². The summed E-state index contributed by atoms with van der Waals surface area (Å²) in [5.41, 5.74) is 1.89. The van der Waals surface area contributed by atoms with E-state index in [2.05, 4.69) is 24.4 Å². The number of hydrogen-bond donors (Lipinski definition) is 1. The van der Waals surface area contributed by atoms with E-state index in [0.29, 0.717) is 6.54 Å². The molecule has 1 aromatic rings. The summed E-state index contributed by atoms with van der Waals surface area (Å²) in [6.45, 7) is 2.91. The molecule has 4 heteroatoms. The Balaban J connectivity index is 1.71. The Morgan fingerprint density at radius 3 is 2.62 bits per heavy atom. The van der Waals surface area contributed by atoms with Crippen molar-refractivity contribution in [3.8, 4) is 0 Å². The minimum Gasteiger partial charge on any atom is -0.340 e. The maximum atomic E-state index is 12.7. The van der Waals surface area contributed by atoms with Gasteiger partial charge in [0.25, 0.3) is 0 Å². The highest BCUT2D eigenvalue weighted by atomic mass is 16.2. The number of hydrogen-bond acceptors (Lipinski definition) is 2. The molecule has 0 radical (unpaired) electrons. The van der Waals surface area contributed by atoms with Gasteiger partial charge in [-0.2, -0.15) is 0 Å². The molecule has 2 amide bonds. The van der Waals surface area contributed by atoms with Crippen LogP contribution in [-0.2, 0) is 16.0 Å². The Morgan fingerprint density at radius 1 is 1.19 bits per heavy atom. The van der Waals surface area contributed by atoms with Gasteiger partial charge >= 0.3 is 0 Å². The van der Waals surface area contributed by atoms with Crippen LogP contribution in [0.3, 0.4) is 0 Å². The van der Waals surface area contributed by atoms with Gasteiger partial charge in [0.05, 0.1) is 6.54 Å². The maximum absolute atomic E-state index is 12.7. The van der Waals surface area contributed by atoms with Crippen LogP contribution < -0.4 is 5.32 Å². The number of carbonyl (C=O) groups excluding carboxylic acids is 2. The van der Waals surface area contributed by atoms with E-state index in [-0.39, 0.29) is 18.4 Å². The summed E-state index contributed by atoms with van der Waals surface area (Å²) in [5.74, 6) is 0.106. The third-order valence-corrected chi connectivity index (χ3v) is 4.78. The number of aryl methyl sites for hydroxylation is 1. The lowest BCUT2D eigenvalue weighted by Gasteiger charge is -2.39. The lowest BCUT2D eigenvalue weighted by atomic mass is 9.92. The van der Waals surface area contributed by atoms with Gasteiger partial charge in [0, 0.05) is 6.54 Å². The molecule has 1 aliphatic carbocycles. The zero-order valence-electron chi connectivity index (χ0n) is 12.5. The normalized spacial score (nSPS) is 20.9. The Morgan fingerprint density at radius 2 is 1.90 bits per heavy atom. The molecule has 1 N–H and O–H groups in total.